The number of amides is 3. The molecule has 43 heavy (non-hydrogen) atoms. The summed E-state index contributed by atoms with van der Waals surface area (Å²) < 4.78 is 5.53. The maximum Gasteiger partial charge on any atom is 0.408 e. The Morgan fingerprint density at radius 3 is 2.21 bits per heavy atom. The average Bonchev–Trinajstić information content (AvgIpc) is 2.89. The van der Waals surface area contributed by atoms with Crippen LogP contribution in [0, 0.1) is 26.7 Å². The quantitative estimate of drug-likeness (QED) is 0.232. The highest BCUT2D eigenvalue weighted by Gasteiger charge is 2.39. The van der Waals surface area contributed by atoms with Crippen molar-refractivity contribution < 1.29 is 19.1 Å². The van der Waals surface area contributed by atoms with Crippen LogP contribution in [0.5, 0.6) is 0 Å². The third-order valence-corrected chi connectivity index (χ3v) is 8.17. The summed E-state index contributed by atoms with van der Waals surface area (Å²) in [4.78, 5) is 43.7. The monoisotopic (exact) mass is 631 g/mol. The molecule has 0 heterocycles. The Morgan fingerprint density at radius 1 is 0.977 bits per heavy atom. The number of rotatable bonds is 13. The summed E-state index contributed by atoms with van der Waals surface area (Å²) in [5, 5.41) is 6.29. The molecule has 2 aromatic rings. The molecule has 0 saturated carbocycles. The minimum Gasteiger partial charge on any atom is -0.444 e. The van der Waals surface area contributed by atoms with Crippen LogP contribution < -0.4 is 10.6 Å². The molecule has 3 atom stereocenters. The normalized spacial score (nSPS) is 13.7. The lowest BCUT2D eigenvalue weighted by Gasteiger charge is -2.39. The Bertz CT molecular complexity index is 1240. The lowest BCUT2D eigenvalue weighted by molar-refractivity contribution is -0.143. The van der Waals surface area contributed by atoms with Crippen LogP contribution in [0.3, 0.4) is 0 Å². The number of nitrogens with one attached hydrogen (secondary N) is 2. The molecule has 238 valence electrons. The van der Waals surface area contributed by atoms with Gasteiger partial charge in [-0.3, -0.25) is 9.59 Å². The van der Waals surface area contributed by atoms with Gasteiger partial charge in [0, 0.05) is 6.04 Å². The van der Waals surface area contributed by atoms with E-state index < -0.39 is 23.8 Å². The number of para-hydroxylation sites is 1. The van der Waals surface area contributed by atoms with Crippen molar-refractivity contribution in [3.63, 3.8) is 0 Å². The van der Waals surface area contributed by atoms with Crippen molar-refractivity contribution in [1.29, 1.82) is 0 Å². The van der Waals surface area contributed by atoms with E-state index in [1.165, 1.54) is 0 Å². The van der Waals surface area contributed by atoms with E-state index in [0.29, 0.717) is 35.2 Å². The first-order valence-corrected chi connectivity index (χ1v) is 16.8. The van der Waals surface area contributed by atoms with Crippen molar-refractivity contribution in [2.24, 2.45) is 5.92 Å². The molecule has 0 fully saturated rings. The Balaban J connectivity index is 2.71. The van der Waals surface area contributed by atoms with Gasteiger partial charge >= 0.3 is 6.09 Å². The molecule has 0 radical (unpaired) electrons. The molecule has 0 saturated heterocycles. The maximum absolute atomic E-state index is 14.7. The SMILES string of the molecule is CSCCC(NC(=O)OC(C)(C)C)C(=O)N(C(C)CCC(C)C)C(C(=O)Nc1c(C)cccc1Cl)c1ccc(C)cc1C. The zero-order valence-electron chi connectivity index (χ0n) is 27.5. The number of hydrogen-bond donors (Lipinski definition) is 2. The minimum atomic E-state index is -0.969. The van der Waals surface area contributed by atoms with Crippen LogP contribution in [0.15, 0.2) is 36.4 Å². The summed E-state index contributed by atoms with van der Waals surface area (Å²) >= 11 is 8.11. The number of anilines is 1. The Labute approximate surface area is 267 Å². The largest absolute Gasteiger partial charge is 0.444 e. The van der Waals surface area contributed by atoms with E-state index in [0.717, 1.165) is 28.7 Å². The standard InChI is InChI=1S/C34H50ClN3O4S/c1-21(2)14-16-25(6)38(32(40)28(18-19-43-10)36-33(41)42-34(7,8)9)30(26-17-15-22(3)20-24(26)5)31(39)37-29-23(4)12-11-13-27(29)35/h11-13,15,17,20-21,25,28,30H,14,16,18-19H2,1-10H3,(H,36,41)(H,37,39). The Kier molecular flexibility index (Phi) is 13.9. The number of ether oxygens (including phenoxy) is 1. The smallest absolute Gasteiger partial charge is 0.408 e. The second-order valence-corrected chi connectivity index (χ2v) is 14.1. The summed E-state index contributed by atoms with van der Waals surface area (Å²) in [6.07, 6.45) is 3.23. The predicted octanol–water partition coefficient (Wildman–Crippen LogP) is 8.24. The van der Waals surface area contributed by atoms with Crippen LogP contribution >= 0.6 is 23.4 Å². The second kappa shape index (κ2) is 16.4. The first-order valence-electron chi connectivity index (χ1n) is 15.0. The molecule has 2 aromatic carbocycles. The number of carbonyl (C=O) groups is 3. The third kappa shape index (κ3) is 11.1. The summed E-state index contributed by atoms with van der Waals surface area (Å²) in [5.74, 6) is 0.353. The van der Waals surface area contributed by atoms with Gasteiger partial charge in [-0.25, -0.2) is 4.79 Å². The number of alkyl carbamates (subject to hydrolysis) is 1. The van der Waals surface area contributed by atoms with Gasteiger partial charge in [0.05, 0.1) is 10.7 Å². The van der Waals surface area contributed by atoms with Gasteiger partial charge in [-0.1, -0.05) is 61.3 Å². The van der Waals surface area contributed by atoms with Crippen LogP contribution in [0.4, 0.5) is 10.5 Å². The topological polar surface area (TPSA) is 87.7 Å². The van der Waals surface area contributed by atoms with Crippen molar-refractivity contribution in [3.8, 4) is 0 Å². The van der Waals surface area contributed by atoms with Gasteiger partial charge in [0.25, 0.3) is 5.91 Å². The molecule has 0 aliphatic heterocycles. The third-order valence-electron chi connectivity index (χ3n) is 7.21. The fraction of sp³-hybridized carbons (Fsp3) is 0.559. The van der Waals surface area contributed by atoms with Gasteiger partial charge < -0.3 is 20.3 Å². The van der Waals surface area contributed by atoms with Gasteiger partial charge in [0.1, 0.15) is 17.7 Å². The second-order valence-electron chi connectivity index (χ2n) is 12.7. The summed E-state index contributed by atoms with van der Waals surface area (Å²) in [7, 11) is 0. The lowest BCUT2D eigenvalue weighted by Crippen LogP contribution is -2.55. The lowest BCUT2D eigenvalue weighted by atomic mass is 9.93. The first kappa shape index (κ1) is 36.5. The molecule has 0 aliphatic carbocycles. The maximum atomic E-state index is 14.7. The molecule has 9 heteroatoms. The fourth-order valence-corrected chi connectivity index (χ4v) is 5.71. The number of carbonyl (C=O) groups excluding carboxylic acids is 3. The number of benzene rings is 2. The number of halogens is 1. The molecule has 7 nitrogen and oxygen atoms in total. The van der Waals surface area contributed by atoms with Crippen molar-refractivity contribution in [1.82, 2.24) is 10.2 Å². The Morgan fingerprint density at radius 2 is 1.65 bits per heavy atom. The molecule has 0 aromatic heterocycles. The number of thioether (sulfide) groups is 1. The number of aryl methyl sites for hydroxylation is 3. The van der Waals surface area contributed by atoms with Gasteiger partial charge in [-0.05, 0) is 108 Å². The first-order chi connectivity index (χ1) is 20.0. The highest BCUT2D eigenvalue weighted by atomic mass is 35.5. The van der Waals surface area contributed by atoms with Crippen LogP contribution in [0.1, 0.15) is 89.1 Å². The van der Waals surface area contributed by atoms with Gasteiger partial charge in [0.2, 0.25) is 5.91 Å². The van der Waals surface area contributed by atoms with E-state index in [-0.39, 0.29) is 17.9 Å². The van der Waals surface area contributed by atoms with E-state index >= 15 is 0 Å². The van der Waals surface area contributed by atoms with Gasteiger partial charge in [-0.15, -0.1) is 0 Å². The van der Waals surface area contributed by atoms with Crippen molar-refractivity contribution in [3.05, 3.63) is 63.7 Å². The van der Waals surface area contributed by atoms with E-state index in [1.807, 2.05) is 64.3 Å². The van der Waals surface area contributed by atoms with E-state index in [9.17, 15) is 14.4 Å². The van der Waals surface area contributed by atoms with Gasteiger partial charge in [-0.2, -0.15) is 11.8 Å². The van der Waals surface area contributed by atoms with E-state index in [2.05, 4.69) is 24.5 Å². The predicted molar refractivity (Wildman–Crippen MR) is 180 cm³/mol. The summed E-state index contributed by atoms with van der Waals surface area (Å²) in [5.41, 5.74) is 3.27. The van der Waals surface area contributed by atoms with Crippen LogP contribution in [0.25, 0.3) is 0 Å². The fourth-order valence-electron chi connectivity index (χ4n) is 4.97. The van der Waals surface area contributed by atoms with Crippen molar-refractivity contribution in [2.75, 3.05) is 17.3 Å². The molecular formula is C34H50ClN3O4S. The molecule has 0 bridgehead atoms. The Hall–Kier alpha value is -2.71. The summed E-state index contributed by atoms with van der Waals surface area (Å²) in [6, 6.07) is 9.17. The molecule has 0 spiro atoms. The zero-order chi connectivity index (χ0) is 32.5. The highest BCUT2D eigenvalue weighted by Crippen LogP contribution is 2.33. The molecule has 2 rings (SSSR count). The number of nitrogens with zero attached hydrogens (tertiary/aromatic N) is 1. The van der Waals surface area contributed by atoms with E-state index in [1.54, 1.807) is 43.5 Å². The van der Waals surface area contributed by atoms with Crippen LogP contribution in [0.2, 0.25) is 5.02 Å². The number of hydrogen-bond acceptors (Lipinski definition) is 5. The van der Waals surface area contributed by atoms with Crippen LogP contribution in [-0.4, -0.2) is 52.5 Å². The molecule has 0 aliphatic rings. The van der Waals surface area contributed by atoms with E-state index in [4.69, 9.17) is 16.3 Å². The molecule has 3 amide bonds. The highest BCUT2D eigenvalue weighted by molar-refractivity contribution is 7.98. The van der Waals surface area contributed by atoms with Gasteiger partial charge in [0.15, 0.2) is 0 Å². The van der Waals surface area contributed by atoms with Crippen LogP contribution in [-0.2, 0) is 14.3 Å². The molecule has 2 N–H and O–H groups in total. The molecular weight excluding hydrogens is 582 g/mol. The average molecular weight is 632 g/mol. The zero-order valence-corrected chi connectivity index (χ0v) is 29.0. The summed E-state index contributed by atoms with van der Waals surface area (Å²) in [6.45, 7) is 17.4. The van der Waals surface area contributed by atoms with Crippen molar-refractivity contribution >= 4 is 47.0 Å². The van der Waals surface area contributed by atoms with Crippen molar-refractivity contribution in [2.45, 2.75) is 105 Å². The minimum absolute atomic E-state index is 0.309. The molecule has 3 unspecified atom stereocenters.